The van der Waals surface area contributed by atoms with Crippen LogP contribution in [0.15, 0.2) is 76.6 Å². The Kier molecular flexibility index (Phi) is 9.79. The first-order chi connectivity index (χ1) is 21.6. The molecule has 1 aliphatic rings. The smallest absolute Gasteiger partial charge is 0.416 e. The third-order valence-electron chi connectivity index (χ3n) is 8.10. The summed E-state index contributed by atoms with van der Waals surface area (Å²) in [7, 11) is 1.29. The first-order valence-corrected chi connectivity index (χ1v) is 15.4. The van der Waals surface area contributed by atoms with Gasteiger partial charge in [-0.1, -0.05) is 48.5 Å². The van der Waals surface area contributed by atoms with Crippen LogP contribution in [0.4, 0.5) is 22.0 Å². The molecule has 0 amide bonds. The maximum absolute atomic E-state index is 15.7. The Hall–Kier alpha value is -3.96. The molecule has 4 aromatic rings. The third kappa shape index (κ3) is 6.41. The van der Waals surface area contributed by atoms with Gasteiger partial charge in [0.15, 0.2) is 11.6 Å². The van der Waals surface area contributed by atoms with E-state index < -0.39 is 53.0 Å². The Morgan fingerprint density at radius 1 is 1.04 bits per heavy atom. The highest BCUT2D eigenvalue weighted by Crippen LogP contribution is 2.45. The van der Waals surface area contributed by atoms with E-state index in [2.05, 4.69) is 5.32 Å². The summed E-state index contributed by atoms with van der Waals surface area (Å²) >= 11 is 1.30. The molecule has 0 saturated carbocycles. The molecule has 0 spiro atoms. The molecule has 11 heteroatoms. The number of alkyl halides is 3. The fraction of sp³-hybridized carbons (Fsp3) is 0.294. The number of nitrogens with one attached hydrogen (secondary N) is 1. The number of hydrogen-bond donors (Lipinski definition) is 1. The van der Waals surface area contributed by atoms with Crippen LogP contribution in [0.3, 0.4) is 0 Å². The molecule has 0 aliphatic carbocycles. The summed E-state index contributed by atoms with van der Waals surface area (Å²) in [6.07, 6.45) is -3.56. The van der Waals surface area contributed by atoms with Crippen LogP contribution in [0, 0.1) is 18.6 Å². The van der Waals surface area contributed by atoms with Crippen molar-refractivity contribution in [3.05, 3.63) is 117 Å². The molecule has 5 rings (SSSR count). The van der Waals surface area contributed by atoms with Crippen molar-refractivity contribution in [3.8, 4) is 16.9 Å². The first-order valence-electron chi connectivity index (χ1n) is 14.4. The number of thioether (sulfide) groups is 1. The number of carbonyl (C=O) groups is 1. The number of unbranched alkanes of at least 4 members (excludes halogenated alkanes) is 1. The highest BCUT2D eigenvalue weighted by Gasteiger charge is 2.38. The van der Waals surface area contributed by atoms with Crippen molar-refractivity contribution in [2.24, 2.45) is 0 Å². The lowest BCUT2D eigenvalue weighted by molar-refractivity contribution is -0.138. The van der Waals surface area contributed by atoms with E-state index in [-0.39, 0.29) is 22.4 Å². The van der Waals surface area contributed by atoms with Gasteiger partial charge in [0.25, 0.3) is 5.56 Å². The fourth-order valence-corrected chi connectivity index (χ4v) is 7.35. The Balaban J connectivity index is 1.76. The van der Waals surface area contributed by atoms with E-state index in [9.17, 15) is 22.8 Å². The average molecular weight is 643 g/mol. The number of rotatable bonds is 11. The predicted molar refractivity (Wildman–Crippen MR) is 164 cm³/mol. The lowest BCUT2D eigenvalue weighted by Crippen LogP contribution is -2.36. The molecule has 0 fully saturated rings. The molecule has 2 atom stereocenters. The normalized spacial score (nSPS) is 15.1. The highest BCUT2D eigenvalue weighted by molar-refractivity contribution is 7.99. The van der Waals surface area contributed by atoms with Crippen LogP contribution < -0.4 is 15.6 Å². The maximum atomic E-state index is 15.7. The van der Waals surface area contributed by atoms with Gasteiger partial charge in [-0.2, -0.15) is 13.2 Å². The zero-order valence-corrected chi connectivity index (χ0v) is 25.4. The molecule has 0 saturated heterocycles. The molecule has 5 nitrogen and oxygen atoms in total. The quantitative estimate of drug-likeness (QED) is 0.103. The van der Waals surface area contributed by atoms with Crippen molar-refractivity contribution in [1.29, 1.82) is 0 Å². The minimum absolute atomic E-state index is 0.0321. The number of methoxy groups -OCH3 is 1. The Labute approximate surface area is 261 Å². The van der Waals surface area contributed by atoms with Crippen LogP contribution in [0.1, 0.15) is 52.7 Å². The van der Waals surface area contributed by atoms with Gasteiger partial charge in [-0.05, 0) is 54.8 Å². The van der Waals surface area contributed by atoms with Gasteiger partial charge >= 0.3 is 6.18 Å². The lowest BCUT2D eigenvalue weighted by Gasteiger charge is -2.28. The molecule has 1 aromatic heterocycles. The summed E-state index contributed by atoms with van der Waals surface area (Å²) < 4.78 is 79.8. The molecule has 3 aromatic carbocycles. The number of aromatic nitrogens is 1. The molecule has 1 aliphatic heterocycles. The lowest BCUT2D eigenvalue weighted by atomic mass is 9.91. The van der Waals surface area contributed by atoms with E-state index in [0.29, 0.717) is 35.7 Å². The standard InChI is InChI=1S/C34H31F5N2O3S/c1-20-23(18-24-25(34(37,38)39)13-9-14-26(24)35)33-41(32(43)29(20)22-12-8-15-28(44-2)30(22)36)27(19-45-33)31(40-16-6-7-17-42)21-10-4-3-5-11-21/h3-5,8-15,17,27,31,40H,6-7,16,18-19H2,1-2H3. The molecule has 0 radical (unpaired) electrons. The maximum Gasteiger partial charge on any atom is 0.416 e. The summed E-state index contributed by atoms with van der Waals surface area (Å²) in [5.41, 5.74) is -0.853. The van der Waals surface area contributed by atoms with Gasteiger partial charge in [-0.15, -0.1) is 11.8 Å². The zero-order chi connectivity index (χ0) is 32.3. The van der Waals surface area contributed by atoms with Gasteiger partial charge in [0, 0.05) is 29.7 Å². The summed E-state index contributed by atoms with van der Waals surface area (Å²) in [6.45, 7) is 2.02. The molecule has 45 heavy (non-hydrogen) atoms. The number of halogens is 5. The summed E-state index contributed by atoms with van der Waals surface area (Å²) in [6, 6.07) is 15.6. The van der Waals surface area contributed by atoms with Crippen molar-refractivity contribution in [3.63, 3.8) is 0 Å². The SMILES string of the molecule is COc1cccc(-c2c(C)c(Cc3c(F)cccc3C(F)(F)F)c3n(c2=O)C(C(NCCCC=O)c2ccccc2)CS3)c1F. The molecule has 1 N–H and O–H groups in total. The first kappa shape index (κ1) is 32.4. The second kappa shape index (κ2) is 13.6. The minimum atomic E-state index is -4.82. The van der Waals surface area contributed by atoms with Crippen molar-refractivity contribution in [2.45, 2.75) is 49.5 Å². The van der Waals surface area contributed by atoms with Crippen molar-refractivity contribution in [1.82, 2.24) is 9.88 Å². The van der Waals surface area contributed by atoms with E-state index in [1.54, 1.807) is 6.92 Å². The third-order valence-corrected chi connectivity index (χ3v) is 9.32. The van der Waals surface area contributed by atoms with Crippen LogP contribution in [-0.2, 0) is 17.4 Å². The largest absolute Gasteiger partial charge is 0.494 e. The van der Waals surface area contributed by atoms with Crippen LogP contribution in [0.25, 0.3) is 11.1 Å². The monoisotopic (exact) mass is 642 g/mol. The van der Waals surface area contributed by atoms with Gasteiger partial charge in [0.05, 0.1) is 35.3 Å². The van der Waals surface area contributed by atoms with Gasteiger partial charge < -0.3 is 14.8 Å². The van der Waals surface area contributed by atoms with E-state index in [1.165, 1.54) is 41.6 Å². The predicted octanol–water partition coefficient (Wildman–Crippen LogP) is 7.68. The Bertz CT molecular complexity index is 1760. The van der Waals surface area contributed by atoms with E-state index in [1.807, 2.05) is 30.3 Å². The number of nitrogens with zero attached hydrogens (tertiary/aromatic N) is 1. The number of hydrogen-bond acceptors (Lipinski definition) is 5. The number of fused-ring (bicyclic) bond motifs is 1. The van der Waals surface area contributed by atoms with Crippen molar-refractivity contribution < 1.29 is 31.5 Å². The Morgan fingerprint density at radius 2 is 1.78 bits per heavy atom. The van der Waals surface area contributed by atoms with Gasteiger partial charge in [0.1, 0.15) is 12.1 Å². The van der Waals surface area contributed by atoms with Crippen LogP contribution >= 0.6 is 11.8 Å². The summed E-state index contributed by atoms with van der Waals surface area (Å²) in [5, 5.41) is 3.86. The average Bonchev–Trinajstić information content (AvgIpc) is 3.45. The fourth-order valence-electron chi connectivity index (χ4n) is 5.92. The van der Waals surface area contributed by atoms with Crippen LogP contribution in [0.2, 0.25) is 0 Å². The second-order valence-corrected chi connectivity index (χ2v) is 11.8. The van der Waals surface area contributed by atoms with E-state index in [4.69, 9.17) is 4.74 Å². The number of ether oxygens (including phenoxy) is 1. The highest BCUT2D eigenvalue weighted by atomic mass is 32.2. The molecular formula is C34H31F5N2O3S. The second-order valence-electron chi connectivity index (χ2n) is 10.8. The number of carbonyl (C=O) groups excluding carboxylic acids is 1. The molecular weight excluding hydrogens is 611 g/mol. The molecule has 2 unspecified atom stereocenters. The minimum Gasteiger partial charge on any atom is -0.494 e. The number of aldehydes is 1. The zero-order valence-electron chi connectivity index (χ0n) is 24.6. The van der Waals surface area contributed by atoms with Gasteiger partial charge in [-0.25, -0.2) is 8.78 Å². The van der Waals surface area contributed by atoms with Crippen LogP contribution in [-0.4, -0.2) is 30.3 Å². The number of benzene rings is 3. The molecule has 2 heterocycles. The Morgan fingerprint density at radius 3 is 2.47 bits per heavy atom. The van der Waals surface area contributed by atoms with Crippen molar-refractivity contribution in [2.75, 3.05) is 19.4 Å². The van der Waals surface area contributed by atoms with E-state index in [0.717, 1.165) is 30.0 Å². The number of pyridine rings is 1. The van der Waals surface area contributed by atoms with E-state index >= 15 is 8.78 Å². The molecule has 236 valence electrons. The van der Waals surface area contributed by atoms with Crippen LogP contribution in [0.5, 0.6) is 5.75 Å². The topological polar surface area (TPSA) is 60.3 Å². The summed E-state index contributed by atoms with van der Waals surface area (Å²) in [4.78, 5) is 25.4. The van der Waals surface area contributed by atoms with Crippen molar-refractivity contribution >= 4 is 18.0 Å². The molecule has 0 bridgehead atoms. The van der Waals surface area contributed by atoms with Gasteiger partial charge in [0.2, 0.25) is 0 Å². The summed E-state index contributed by atoms with van der Waals surface area (Å²) in [5.74, 6) is -1.55. The van der Waals surface area contributed by atoms with Gasteiger partial charge in [-0.3, -0.25) is 9.36 Å².